The minimum Gasteiger partial charge on any atom is -0.456 e. The Morgan fingerprint density at radius 2 is 0.889 bits per heavy atom. The van der Waals surface area contributed by atoms with Crippen LogP contribution in [0.3, 0.4) is 0 Å². The summed E-state index contributed by atoms with van der Waals surface area (Å²) in [6.07, 6.45) is 0. The van der Waals surface area contributed by atoms with E-state index in [0.717, 1.165) is 77.5 Å². The summed E-state index contributed by atoms with van der Waals surface area (Å²) in [5, 5.41) is 4.40. The zero-order valence-corrected chi connectivity index (χ0v) is 25.7. The second-order valence-electron chi connectivity index (χ2n) is 12.3. The van der Waals surface area contributed by atoms with Crippen molar-refractivity contribution in [2.75, 3.05) is 0 Å². The van der Waals surface area contributed by atoms with Crippen LogP contribution in [0.15, 0.2) is 118 Å². The van der Waals surface area contributed by atoms with Gasteiger partial charge in [0.25, 0.3) is 0 Å². The van der Waals surface area contributed by atoms with Crippen LogP contribution in [0.2, 0.25) is 0 Å². The van der Waals surface area contributed by atoms with E-state index in [1.807, 2.05) is 48.5 Å². The predicted octanol–water partition coefficient (Wildman–Crippen LogP) is 11.6. The minimum atomic E-state index is 0.282. The Balaban J connectivity index is 1.19. The Kier molecular flexibility index (Phi) is 6.42. The van der Waals surface area contributed by atoms with Crippen LogP contribution < -0.4 is 4.74 Å². The van der Waals surface area contributed by atoms with E-state index in [2.05, 4.69) is 88.4 Å². The average Bonchev–Trinajstić information content (AvgIpc) is 3.61. The van der Waals surface area contributed by atoms with Crippen LogP contribution in [0.4, 0.5) is 0 Å². The molecule has 8 aromatic rings. The van der Waals surface area contributed by atoms with Crippen LogP contribution >= 0.6 is 0 Å². The largest absolute Gasteiger partial charge is 0.456 e. The molecule has 0 aliphatic carbocycles. The number of hydrogen-bond acceptors (Lipinski definition) is 5. The molecule has 5 heteroatoms. The molecule has 0 atom stereocenters. The molecule has 4 aromatic carbocycles. The predicted molar refractivity (Wildman–Crippen MR) is 182 cm³/mol. The minimum absolute atomic E-state index is 0.282. The van der Waals surface area contributed by atoms with Crippen molar-refractivity contribution in [1.29, 1.82) is 0 Å². The number of aromatic nitrogens is 2. The Hall–Kier alpha value is -5.42. The highest BCUT2D eigenvalue weighted by Gasteiger charge is 2.16. The molecule has 4 heterocycles. The zero-order valence-electron chi connectivity index (χ0n) is 25.7. The number of pyridine rings is 2. The van der Waals surface area contributed by atoms with Crippen molar-refractivity contribution in [2.24, 2.45) is 0 Å². The normalized spacial score (nSPS) is 12.0. The molecule has 0 fully saturated rings. The summed E-state index contributed by atoms with van der Waals surface area (Å²) >= 11 is 0. The first-order chi connectivity index (χ1) is 21.9. The summed E-state index contributed by atoms with van der Waals surface area (Å²) in [4.78, 5) is 9.93. The first kappa shape index (κ1) is 27.2. The number of benzene rings is 4. The van der Waals surface area contributed by atoms with Crippen LogP contribution in [0, 0.1) is 0 Å². The maximum atomic E-state index is 6.49. The number of para-hydroxylation sites is 2. The number of rotatable bonds is 6. The highest BCUT2D eigenvalue weighted by Crippen LogP contribution is 2.36. The van der Waals surface area contributed by atoms with Crippen molar-refractivity contribution in [1.82, 2.24) is 9.97 Å². The van der Waals surface area contributed by atoms with Gasteiger partial charge < -0.3 is 13.6 Å². The third-order valence-corrected chi connectivity index (χ3v) is 8.54. The van der Waals surface area contributed by atoms with E-state index in [0.29, 0.717) is 11.8 Å². The standard InChI is InChI=1S/C40H32N2O3/c1-23(2)27-17-33(25-13-15-31-29-9-5-7-11-35(29)43-37(31)19-25)41-39(21-27)45-40-22-28(24(3)4)18-34(42-40)26-14-16-32-30-10-6-8-12-36(30)44-38(32)20-26/h5-24H,1-4H3. The average molecular weight is 589 g/mol. The smallest absolute Gasteiger partial charge is 0.222 e. The zero-order chi connectivity index (χ0) is 30.7. The molecular formula is C40H32N2O3. The van der Waals surface area contributed by atoms with Crippen molar-refractivity contribution in [3.63, 3.8) is 0 Å². The molecule has 0 spiro atoms. The molecule has 5 nitrogen and oxygen atoms in total. The van der Waals surface area contributed by atoms with Gasteiger partial charge in [-0.3, -0.25) is 0 Å². The van der Waals surface area contributed by atoms with E-state index >= 15 is 0 Å². The van der Waals surface area contributed by atoms with Gasteiger partial charge in [0.05, 0.1) is 11.4 Å². The molecule has 220 valence electrons. The van der Waals surface area contributed by atoms with E-state index in [1.165, 1.54) is 0 Å². The summed E-state index contributed by atoms with van der Waals surface area (Å²) in [5.41, 5.74) is 9.30. The second kappa shape index (κ2) is 10.6. The topological polar surface area (TPSA) is 61.3 Å². The SMILES string of the molecule is CC(C)c1cc(Oc2cc(C(C)C)cc(-c3ccc4c(c3)oc3ccccc34)n2)nc(-c2ccc3c(c2)oc2ccccc23)c1. The van der Waals surface area contributed by atoms with Crippen LogP contribution in [-0.4, -0.2) is 9.97 Å². The molecule has 0 amide bonds. The van der Waals surface area contributed by atoms with Gasteiger partial charge in [-0.2, -0.15) is 0 Å². The van der Waals surface area contributed by atoms with E-state index in [1.54, 1.807) is 0 Å². The lowest BCUT2D eigenvalue weighted by molar-refractivity contribution is 0.443. The van der Waals surface area contributed by atoms with Gasteiger partial charge in [-0.1, -0.05) is 76.2 Å². The summed E-state index contributed by atoms with van der Waals surface area (Å²) < 4.78 is 18.8. The first-order valence-electron chi connectivity index (χ1n) is 15.4. The van der Waals surface area contributed by atoms with Crippen LogP contribution in [0.5, 0.6) is 11.8 Å². The molecule has 0 unspecified atom stereocenters. The van der Waals surface area contributed by atoms with Gasteiger partial charge in [-0.05, 0) is 71.5 Å². The van der Waals surface area contributed by atoms with Gasteiger partial charge >= 0.3 is 0 Å². The van der Waals surface area contributed by atoms with Gasteiger partial charge in [-0.25, -0.2) is 9.97 Å². The first-order valence-corrected chi connectivity index (χ1v) is 15.4. The van der Waals surface area contributed by atoms with Crippen LogP contribution in [0.25, 0.3) is 66.4 Å². The molecule has 4 aromatic heterocycles. The summed E-state index contributed by atoms with van der Waals surface area (Å²) in [6.45, 7) is 8.70. The van der Waals surface area contributed by atoms with Gasteiger partial charge in [0.1, 0.15) is 22.3 Å². The molecule has 0 saturated carbocycles. The summed E-state index contributed by atoms with van der Waals surface area (Å²) in [6, 6.07) is 37.1. The molecule has 0 bridgehead atoms. The Bertz CT molecular complexity index is 2210. The van der Waals surface area contributed by atoms with Crippen molar-refractivity contribution in [3.05, 3.63) is 120 Å². The number of fused-ring (bicyclic) bond motifs is 6. The molecule has 0 aliphatic rings. The highest BCUT2D eigenvalue weighted by molar-refractivity contribution is 6.06. The quantitative estimate of drug-likeness (QED) is 0.193. The number of nitrogens with zero attached hydrogens (tertiary/aromatic N) is 2. The molecule has 0 radical (unpaired) electrons. The lowest BCUT2D eigenvalue weighted by Crippen LogP contribution is -1.99. The lowest BCUT2D eigenvalue weighted by Gasteiger charge is -2.14. The fraction of sp³-hybridized carbons (Fsp3) is 0.150. The lowest BCUT2D eigenvalue weighted by atomic mass is 10.0. The third kappa shape index (κ3) is 4.91. The van der Waals surface area contributed by atoms with Crippen molar-refractivity contribution in [2.45, 2.75) is 39.5 Å². The van der Waals surface area contributed by atoms with Crippen LogP contribution in [-0.2, 0) is 0 Å². The Morgan fingerprint density at radius 3 is 1.33 bits per heavy atom. The number of hydrogen-bond donors (Lipinski definition) is 0. The maximum Gasteiger partial charge on any atom is 0.222 e. The Labute approximate surface area is 261 Å². The van der Waals surface area contributed by atoms with Crippen molar-refractivity contribution < 1.29 is 13.6 Å². The van der Waals surface area contributed by atoms with Gasteiger partial charge in [0.2, 0.25) is 11.8 Å². The summed E-state index contributed by atoms with van der Waals surface area (Å²) in [5.74, 6) is 1.58. The molecular weight excluding hydrogens is 556 g/mol. The van der Waals surface area contributed by atoms with E-state index in [4.69, 9.17) is 23.5 Å². The molecule has 8 rings (SSSR count). The van der Waals surface area contributed by atoms with Gasteiger partial charge in [0.15, 0.2) is 0 Å². The molecule has 0 saturated heterocycles. The molecule has 0 aliphatic heterocycles. The van der Waals surface area contributed by atoms with Gasteiger partial charge in [-0.15, -0.1) is 0 Å². The number of furan rings is 2. The number of ether oxygens (including phenoxy) is 1. The monoisotopic (exact) mass is 588 g/mol. The van der Waals surface area contributed by atoms with Crippen molar-refractivity contribution in [3.8, 4) is 34.3 Å². The third-order valence-electron chi connectivity index (χ3n) is 8.54. The van der Waals surface area contributed by atoms with E-state index in [9.17, 15) is 0 Å². The summed E-state index contributed by atoms with van der Waals surface area (Å²) in [7, 11) is 0. The van der Waals surface area contributed by atoms with Crippen LogP contribution in [0.1, 0.15) is 50.7 Å². The maximum absolute atomic E-state index is 6.49. The fourth-order valence-corrected chi connectivity index (χ4v) is 6.00. The van der Waals surface area contributed by atoms with Crippen molar-refractivity contribution >= 4 is 43.9 Å². The second-order valence-corrected chi connectivity index (χ2v) is 12.3. The van der Waals surface area contributed by atoms with E-state index < -0.39 is 0 Å². The highest BCUT2D eigenvalue weighted by atomic mass is 16.5. The molecule has 0 N–H and O–H groups in total. The van der Waals surface area contributed by atoms with E-state index in [-0.39, 0.29) is 11.8 Å². The van der Waals surface area contributed by atoms with Gasteiger partial charge in [0, 0.05) is 44.8 Å². The fourth-order valence-electron chi connectivity index (χ4n) is 6.00. The molecule has 45 heavy (non-hydrogen) atoms. The Morgan fingerprint density at radius 1 is 0.467 bits per heavy atom.